The van der Waals surface area contributed by atoms with Gasteiger partial charge in [-0.1, -0.05) is 0 Å². The Morgan fingerprint density at radius 2 is 1.75 bits per heavy atom. The molecule has 0 aromatic carbocycles. The molecule has 2 aromatic heterocycles. The van der Waals surface area contributed by atoms with E-state index in [4.69, 9.17) is 4.74 Å². The van der Waals surface area contributed by atoms with Crippen LogP contribution in [0.2, 0.25) is 0 Å². The van der Waals surface area contributed by atoms with Gasteiger partial charge in [0, 0.05) is 17.6 Å². The maximum Gasteiger partial charge on any atom is 2.00 e. The second kappa shape index (κ2) is 14.2. The van der Waals surface area contributed by atoms with Gasteiger partial charge in [0.05, 0.1) is 24.4 Å². The Kier molecular flexibility index (Phi) is 16.1. The van der Waals surface area contributed by atoms with Gasteiger partial charge in [-0.2, -0.15) is 5.10 Å². The maximum absolute atomic E-state index is 11.1. The molecule has 156 valence electrons. The van der Waals surface area contributed by atoms with Gasteiger partial charge in [-0.15, -0.1) is 0 Å². The third kappa shape index (κ3) is 11.9. The first-order chi connectivity index (χ1) is 11.5. The fraction of sp³-hybridized carbons (Fsp3) is 0.550. The molecule has 0 radical (unpaired) electrons. The minimum absolute atomic E-state index is 0. The molecule has 0 aliphatic heterocycles. The van der Waals surface area contributed by atoms with Gasteiger partial charge in [0.2, 0.25) is 0 Å². The Morgan fingerprint density at radius 3 is 2.11 bits per heavy atom. The molecule has 0 spiro atoms. The van der Waals surface area contributed by atoms with Gasteiger partial charge >= 0.3 is 29.0 Å². The van der Waals surface area contributed by atoms with Crippen molar-refractivity contribution in [3.05, 3.63) is 48.4 Å². The largest absolute Gasteiger partial charge is 2.00 e. The number of hydrogen-bond donors (Lipinski definition) is 1. The Labute approximate surface area is 196 Å². The fourth-order valence-electron chi connectivity index (χ4n) is 2.51. The first kappa shape index (κ1) is 31.8. The molecule has 8 heteroatoms. The van der Waals surface area contributed by atoms with Crippen LogP contribution in [0.15, 0.2) is 18.3 Å². The third-order valence-corrected chi connectivity index (χ3v) is 3.49. The van der Waals surface area contributed by atoms with Gasteiger partial charge in [-0.3, -0.25) is 9.48 Å². The number of aromatic nitrogens is 3. The standard InChI is InChI=1S/C10H15NO2.C9H16N2O.CH3.BrH.Mg/c1-4-13-10(12)7-11-6-8(2)5-9(11)3;1-7-5-8(2)11(10-7)6-9(3,4)12;;;/h5-6H,4,7H2,1-3H3;5,12H,6H2,1-4H3;1H3;1H;/q;;-1;;+2/p-1. The molecule has 0 unspecified atom stereocenters. The molecule has 6 nitrogen and oxygen atoms in total. The molecule has 2 heterocycles. The number of carbonyl (C=O) groups excluding carboxylic acids is 1. The molecule has 0 aliphatic carbocycles. The number of rotatable bonds is 5. The van der Waals surface area contributed by atoms with Crippen LogP contribution in [0.5, 0.6) is 0 Å². The zero-order valence-corrected chi connectivity index (χ0v) is 21.5. The first-order valence-corrected chi connectivity index (χ1v) is 8.54. The van der Waals surface area contributed by atoms with Gasteiger partial charge < -0.3 is 38.8 Å². The summed E-state index contributed by atoms with van der Waals surface area (Å²) in [7, 11) is 0. The molecular formula is C20H34BrMgN3O3. The SMILES string of the molecule is CCOC(=O)Cn1cc(C)cc1C.Cc1cc(C)n(CC(C)(C)O)n1.[Br-].[CH3-].[Mg+2]. The smallest absolute Gasteiger partial charge is 1.00 e. The quantitative estimate of drug-likeness (QED) is 0.381. The number of ether oxygens (including phenoxy) is 1. The predicted molar refractivity (Wildman–Crippen MR) is 111 cm³/mol. The summed E-state index contributed by atoms with van der Waals surface area (Å²) < 4.78 is 8.58. The Balaban J connectivity index is -0.000000404. The van der Waals surface area contributed by atoms with Crippen LogP contribution >= 0.6 is 0 Å². The van der Waals surface area contributed by atoms with Crippen LogP contribution in [0.1, 0.15) is 43.4 Å². The normalized spacial score (nSPS) is 9.86. The summed E-state index contributed by atoms with van der Waals surface area (Å²) in [5, 5.41) is 13.8. The van der Waals surface area contributed by atoms with Crippen molar-refractivity contribution in [2.24, 2.45) is 0 Å². The second-order valence-corrected chi connectivity index (χ2v) is 6.99. The number of nitrogens with zero attached hydrogens (tertiary/aromatic N) is 3. The summed E-state index contributed by atoms with van der Waals surface area (Å²) in [6.45, 7) is 14.6. The van der Waals surface area contributed by atoms with Crippen molar-refractivity contribution in [1.82, 2.24) is 14.3 Å². The molecule has 2 rings (SSSR count). The van der Waals surface area contributed by atoms with E-state index in [1.165, 1.54) is 5.56 Å². The molecule has 0 aliphatic rings. The average molecular weight is 469 g/mol. The zero-order chi connectivity index (χ0) is 19.2. The minimum Gasteiger partial charge on any atom is -1.00 e. The van der Waals surface area contributed by atoms with E-state index in [0.29, 0.717) is 19.7 Å². The van der Waals surface area contributed by atoms with E-state index >= 15 is 0 Å². The van der Waals surface area contributed by atoms with E-state index in [2.05, 4.69) is 5.10 Å². The zero-order valence-electron chi connectivity index (χ0n) is 18.5. The predicted octanol–water partition coefficient (Wildman–Crippen LogP) is 0.0124. The van der Waals surface area contributed by atoms with Crippen LogP contribution in [-0.4, -0.2) is 60.7 Å². The minimum atomic E-state index is -0.691. The van der Waals surface area contributed by atoms with Gasteiger partial charge in [-0.25, -0.2) is 0 Å². The molecule has 1 N–H and O–H groups in total. The third-order valence-electron chi connectivity index (χ3n) is 3.49. The molecule has 0 atom stereocenters. The molecule has 2 aromatic rings. The summed E-state index contributed by atoms with van der Waals surface area (Å²) in [6, 6.07) is 4.05. The number of hydrogen-bond acceptors (Lipinski definition) is 4. The monoisotopic (exact) mass is 467 g/mol. The first-order valence-electron chi connectivity index (χ1n) is 8.54. The molecule has 0 bridgehead atoms. The van der Waals surface area contributed by atoms with E-state index in [1.807, 2.05) is 62.2 Å². The van der Waals surface area contributed by atoms with Crippen molar-refractivity contribution >= 4 is 29.0 Å². The van der Waals surface area contributed by atoms with Crippen LogP contribution in [-0.2, 0) is 22.6 Å². The van der Waals surface area contributed by atoms with Crippen molar-refractivity contribution in [2.45, 2.75) is 67.2 Å². The molecule has 28 heavy (non-hydrogen) atoms. The number of aryl methyl sites for hydroxylation is 4. The van der Waals surface area contributed by atoms with Crippen molar-refractivity contribution in [1.29, 1.82) is 0 Å². The van der Waals surface area contributed by atoms with Crippen LogP contribution < -0.4 is 17.0 Å². The summed E-state index contributed by atoms with van der Waals surface area (Å²) in [4.78, 5) is 11.1. The van der Waals surface area contributed by atoms with Gasteiger partial charge in [0.1, 0.15) is 6.54 Å². The summed E-state index contributed by atoms with van der Waals surface area (Å²) in [5.41, 5.74) is 3.65. The fourth-order valence-corrected chi connectivity index (χ4v) is 2.51. The number of esters is 1. The van der Waals surface area contributed by atoms with Crippen molar-refractivity contribution < 1.29 is 31.6 Å². The van der Waals surface area contributed by atoms with Crippen LogP contribution in [0.4, 0.5) is 0 Å². The van der Waals surface area contributed by atoms with Crippen molar-refractivity contribution in [3.63, 3.8) is 0 Å². The maximum atomic E-state index is 11.1. The van der Waals surface area contributed by atoms with E-state index in [1.54, 1.807) is 13.8 Å². The second-order valence-electron chi connectivity index (χ2n) is 6.99. The number of halogens is 1. The molecule has 0 fully saturated rings. The van der Waals surface area contributed by atoms with Gasteiger partial charge in [-0.05, 0) is 66.2 Å². The van der Waals surface area contributed by atoms with Gasteiger partial charge in [0.25, 0.3) is 0 Å². The van der Waals surface area contributed by atoms with E-state index in [9.17, 15) is 9.90 Å². The van der Waals surface area contributed by atoms with E-state index in [-0.39, 0.29) is 53.4 Å². The topological polar surface area (TPSA) is 69.3 Å². The Morgan fingerprint density at radius 1 is 1.18 bits per heavy atom. The molecular weight excluding hydrogens is 434 g/mol. The summed E-state index contributed by atoms with van der Waals surface area (Å²) in [6.07, 6.45) is 1.95. The number of carbonyl (C=O) groups is 1. The Hall–Kier alpha value is -0.834. The summed E-state index contributed by atoms with van der Waals surface area (Å²) in [5.74, 6) is -0.179. The van der Waals surface area contributed by atoms with E-state index < -0.39 is 5.60 Å². The average Bonchev–Trinajstić information content (AvgIpc) is 2.90. The van der Waals surface area contributed by atoms with Crippen molar-refractivity contribution in [3.8, 4) is 0 Å². The van der Waals surface area contributed by atoms with E-state index in [0.717, 1.165) is 17.1 Å². The van der Waals surface area contributed by atoms with Gasteiger partial charge in [0.15, 0.2) is 0 Å². The van der Waals surface area contributed by atoms with Crippen molar-refractivity contribution in [2.75, 3.05) is 6.61 Å². The number of aliphatic hydroxyl groups is 1. The molecule has 0 saturated carbocycles. The Bertz CT molecular complexity index is 706. The molecule has 0 amide bonds. The van der Waals surface area contributed by atoms with Crippen LogP contribution in [0.25, 0.3) is 0 Å². The van der Waals surface area contributed by atoms with Crippen LogP contribution in [0.3, 0.4) is 0 Å². The summed E-state index contributed by atoms with van der Waals surface area (Å²) >= 11 is 0. The van der Waals surface area contributed by atoms with Crippen LogP contribution in [0, 0.1) is 35.1 Å². The molecule has 0 saturated heterocycles.